The van der Waals surface area contributed by atoms with E-state index in [0.717, 1.165) is 16.5 Å². The number of halogens is 1. The fraction of sp³-hybridized carbons (Fsp3) is 0.214. The van der Waals surface area contributed by atoms with Gasteiger partial charge < -0.3 is 5.11 Å². The smallest absolute Gasteiger partial charge is 0.303 e. The Balaban J connectivity index is 2.25. The molecule has 2 nitrogen and oxygen atoms in total. The molecule has 1 aromatic carbocycles. The first-order chi connectivity index (χ1) is 8.66. The Morgan fingerprint density at radius 1 is 1.28 bits per heavy atom. The summed E-state index contributed by atoms with van der Waals surface area (Å²) in [4.78, 5) is 12.2. The van der Waals surface area contributed by atoms with Gasteiger partial charge in [0.1, 0.15) is 0 Å². The molecule has 0 radical (unpaired) electrons. The van der Waals surface area contributed by atoms with Gasteiger partial charge in [0.15, 0.2) is 0 Å². The maximum absolute atomic E-state index is 11.0. The number of thiophene rings is 1. The quantitative estimate of drug-likeness (QED) is 0.889. The van der Waals surface area contributed by atoms with Crippen molar-refractivity contribution in [1.29, 1.82) is 0 Å². The lowest BCUT2D eigenvalue weighted by Crippen LogP contribution is -2.09. The third-order valence-corrected chi connectivity index (χ3v) is 4.41. The first kappa shape index (κ1) is 13.3. The second-order valence-electron chi connectivity index (χ2n) is 4.10. The topological polar surface area (TPSA) is 37.3 Å². The molecule has 0 aliphatic rings. The second kappa shape index (κ2) is 6.16. The van der Waals surface area contributed by atoms with Crippen LogP contribution in [0.15, 0.2) is 46.3 Å². The van der Waals surface area contributed by atoms with Gasteiger partial charge in [0.2, 0.25) is 0 Å². The largest absolute Gasteiger partial charge is 0.481 e. The van der Waals surface area contributed by atoms with Crippen LogP contribution in [0, 0.1) is 0 Å². The molecule has 18 heavy (non-hydrogen) atoms. The molecule has 1 atom stereocenters. The second-order valence-corrected chi connectivity index (χ2v) is 5.99. The van der Waals surface area contributed by atoms with E-state index >= 15 is 0 Å². The van der Waals surface area contributed by atoms with E-state index in [0.29, 0.717) is 0 Å². The van der Waals surface area contributed by atoms with E-state index in [1.807, 2.05) is 35.7 Å². The highest BCUT2D eigenvalue weighted by molar-refractivity contribution is 9.10. The first-order valence-electron chi connectivity index (χ1n) is 5.65. The number of aliphatic carboxylic acids is 1. The number of hydrogen-bond acceptors (Lipinski definition) is 2. The molecule has 0 aliphatic carbocycles. The fourth-order valence-electron chi connectivity index (χ4n) is 1.98. The van der Waals surface area contributed by atoms with Crippen LogP contribution in [-0.4, -0.2) is 11.1 Å². The van der Waals surface area contributed by atoms with E-state index < -0.39 is 5.97 Å². The van der Waals surface area contributed by atoms with Gasteiger partial charge in [-0.3, -0.25) is 4.79 Å². The highest BCUT2D eigenvalue weighted by Crippen LogP contribution is 2.31. The van der Waals surface area contributed by atoms with Crippen molar-refractivity contribution in [2.24, 2.45) is 0 Å². The van der Waals surface area contributed by atoms with Gasteiger partial charge in [-0.25, -0.2) is 0 Å². The van der Waals surface area contributed by atoms with Gasteiger partial charge in [0, 0.05) is 15.3 Å². The third-order valence-electron chi connectivity index (χ3n) is 2.79. The lowest BCUT2D eigenvalue weighted by molar-refractivity contribution is -0.137. The molecule has 1 aromatic heterocycles. The van der Waals surface area contributed by atoms with Gasteiger partial charge >= 0.3 is 5.97 Å². The maximum Gasteiger partial charge on any atom is 0.303 e. The lowest BCUT2D eigenvalue weighted by atomic mass is 9.92. The molecule has 0 fully saturated rings. The van der Waals surface area contributed by atoms with Crippen LogP contribution >= 0.6 is 27.3 Å². The standard InChI is InChI=1S/C14H13BrO2S/c15-13-6-2-1-5-12(13)10(9-14(16)17)8-11-4-3-7-18-11/h1-7,10H,8-9H2,(H,16,17). The third kappa shape index (κ3) is 3.43. The molecular formula is C14H13BrO2S. The number of hydrogen-bond donors (Lipinski definition) is 1. The Bertz CT molecular complexity index is 522. The van der Waals surface area contributed by atoms with Crippen LogP contribution < -0.4 is 0 Å². The minimum atomic E-state index is -0.757. The number of carboxylic acids is 1. The highest BCUT2D eigenvalue weighted by Gasteiger charge is 2.18. The molecule has 94 valence electrons. The summed E-state index contributed by atoms with van der Waals surface area (Å²) < 4.78 is 0.979. The monoisotopic (exact) mass is 324 g/mol. The summed E-state index contributed by atoms with van der Waals surface area (Å²) in [7, 11) is 0. The van der Waals surface area contributed by atoms with Gasteiger partial charge in [-0.15, -0.1) is 11.3 Å². The first-order valence-corrected chi connectivity index (χ1v) is 7.32. The van der Waals surface area contributed by atoms with Crippen molar-refractivity contribution in [1.82, 2.24) is 0 Å². The summed E-state index contributed by atoms with van der Waals surface area (Å²) in [6.45, 7) is 0. The molecule has 0 saturated carbocycles. The van der Waals surface area contributed by atoms with Crippen LogP contribution in [0.25, 0.3) is 0 Å². The summed E-state index contributed by atoms with van der Waals surface area (Å²) in [5.41, 5.74) is 1.06. The van der Waals surface area contributed by atoms with E-state index in [9.17, 15) is 4.79 Å². The van der Waals surface area contributed by atoms with Crippen molar-refractivity contribution < 1.29 is 9.90 Å². The number of carboxylic acid groups (broad SMARTS) is 1. The molecule has 1 N–H and O–H groups in total. The fourth-order valence-corrected chi connectivity index (χ4v) is 3.38. The summed E-state index contributed by atoms with van der Waals surface area (Å²) in [5.74, 6) is -0.746. The molecule has 0 spiro atoms. The zero-order valence-corrected chi connectivity index (χ0v) is 12.1. The molecule has 4 heteroatoms. The SMILES string of the molecule is O=C(O)CC(Cc1cccs1)c1ccccc1Br. The maximum atomic E-state index is 11.0. The Kier molecular flexibility index (Phi) is 4.55. The molecular weight excluding hydrogens is 312 g/mol. The van der Waals surface area contributed by atoms with Crippen LogP contribution in [0.3, 0.4) is 0 Å². The van der Waals surface area contributed by atoms with Gasteiger partial charge in [0.05, 0.1) is 6.42 Å². The molecule has 1 heterocycles. The lowest BCUT2D eigenvalue weighted by Gasteiger charge is -2.16. The zero-order chi connectivity index (χ0) is 13.0. The molecule has 0 saturated heterocycles. The minimum absolute atomic E-state index is 0.0109. The van der Waals surface area contributed by atoms with Crippen molar-refractivity contribution in [3.8, 4) is 0 Å². The molecule has 1 unspecified atom stereocenters. The Hall–Kier alpha value is -1.13. The van der Waals surface area contributed by atoms with Crippen LogP contribution in [0.5, 0.6) is 0 Å². The average Bonchev–Trinajstić information content (AvgIpc) is 2.81. The molecule has 0 aliphatic heterocycles. The van der Waals surface area contributed by atoms with Crippen LogP contribution in [0.1, 0.15) is 22.8 Å². The summed E-state index contributed by atoms with van der Waals surface area (Å²) >= 11 is 5.17. The van der Waals surface area contributed by atoms with Gasteiger partial charge in [-0.1, -0.05) is 40.2 Å². The molecule has 0 bridgehead atoms. The highest BCUT2D eigenvalue weighted by atomic mass is 79.9. The van der Waals surface area contributed by atoms with Crippen LogP contribution in [-0.2, 0) is 11.2 Å². The predicted molar refractivity (Wildman–Crippen MR) is 77.2 cm³/mol. The average molecular weight is 325 g/mol. The molecule has 2 aromatic rings. The van der Waals surface area contributed by atoms with E-state index in [1.54, 1.807) is 11.3 Å². The summed E-state index contributed by atoms with van der Waals surface area (Å²) in [5, 5.41) is 11.1. The number of rotatable bonds is 5. The molecule has 0 amide bonds. The van der Waals surface area contributed by atoms with E-state index in [1.165, 1.54) is 4.88 Å². The Labute approximate surface area is 118 Å². The van der Waals surface area contributed by atoms with Gasteiger partial charge in [-0.2, -0.15) is 0 Å². The van der Waals surface area contributed by atoms with E-state index in [4.69, 9.17) is 5.11 Å². The van der Waals surface area contributed by atoms with Crippen molar-refractivity contribution >= 4 is 33.2 Å². The van der Waals surface area contributed by atoms with Crippen molar-refractivity contribution in [2.45, 2.75) is 18.8 Å². The number of benzene rings is 1. The van der Waals surface area contributed by atoms with E-state index in [2.05, 4.69) is 22.0 Å². The summed E-state index contributed by atoms with van der Waals surface area (Å²) in [6.07, 6.45) is 0.924. The minimum Gasteiger partial charge on any atom is -0.481 e. The van der Waals surface area contributed by atoms with Crippen molar-refractivity contribution in [3.63, 3.8) is 0 Å². The van der Waals surface area contributed by atoms with Crippen molar-refractivity contribution in [2.75, 3.05) is 0 Å². The predicted octanol–water partition coefficient (Wildman–Crippen LogP) is 4.31. The molecule has 2 rings (SSSR count). The summed E-state index contributed by atoms with van der Waals surface area (Å²) in [6, 6.07) is 11.9. The zero-order valence-electron chi connectivity index (χ0n) is 9.67. The number of carbonyl (C=O) groups is 1. The normalized spacial score (nSPS) is 12.3. The Morgan fingerprint density at radius 2 is 2.06 bits per heavy atom. The van der Waals surface area contributed by atoms with Crippen molar-refractivity contribution in [3.05, 3.63) is 56.7 Å². The van der Waals surface area contributed by atoms with Gasteiger partial charge in [0.25, 0.3) is 0 Å². The van der Waals surface area contributed by atoms with E-state index in [-0.39, 0.29) is 12.3 Å². The van der Waals surface area contributed by atoms with Crippen LogP contribution in [0.4, 0.5) is 0 Å². The van der Waals surface area contributed by atoms with Gasteiger partial charge in [-0.05, 0) is 29.5 Å². The van der Waals surface area contributed by atoms with Crippen LogP contribution in [0.2, 0.25) is 0 Å². The Morgan fingerprint density at radius 3 is 2.67 bits per heavy atom.